The number of carbonyl (C=O) groups is 2. The third-order valence-electron chi connectivity index (χ3n) is 3.81. The largest absolute Gasteiger partial charge is 0.356 e. The fraction of sp³-hybridized carbons (Fsp3) is 0.867. The standard InChI is InChI=1S/C15H28N2O2S/c1-12(18)16-11-7-3-4-10-15(19)17-13-8-5-6-9-14(13)20-2/h13-14H,3-11H2,1-2H3,(H,16,18)(H,17,19)/t13-,14-/m0/s1. The molecule has 2 amide bonds. The van der Waals surface area contributed by atoms with Gasteiger partial charge < -0.3 is 10.6 Å². The van der Waals surface area contributed by atoms with Crippen LogP contribution < -0.4 is 10.6 Å². The maximum Gasteiger partial charge on any atom is 0.220 e. The lowest BCUT2D eigenvalue weighted by Gasteiger charge is -2.30. The van der Waals surface area contributed by atoms with Crippen LogP contribution in [0.25, 0.3) is 0 Å². The monoisotopic (exact) mass is 300 g/mol. The van der Waals surface area contributed by atoms with E-state index in [1.165, 1.54) is 26.2 Å². The van der Waals surface area contributed by atoms with Crippen molar-refractivity contribution in [2.24, 2.45) is 0 Å². The predicted octanol–water partition coefficient (Wildman–Crippen LogP) is 2.47. The van der Waals surface area contributed by atoms with Crippen molar-refractivity contribution in [3.8, 4) is 0 Å². The molecule has 0 aliphatic heterocycles. The SMILES string of the molecule is CS[C@H]1CCCC[C@@H]1NC(=O)CCCCCNC(C)=O. The molecule has 0 bridgehead atoms. The first kappa shape index (κ1) is 17.3. The van der Waals surface area contributed by atoms with Crippen molar-refractivity contribution in [3.05, 3.63) is 0 Å². The second kappa shape index (κ2) is 10.1. The van der Waals surface area contributed by atoms with E-state index < -0.39 is 0 Å². The molecule has 0 heterocycles. The fourth-order valence-corrected chi connectivity index (χ4v) is 3.61. The summed E-state index contributed by atoms with van der Waals surface area (Å²) in [6.45, 7) is 2.24. The molecule has 4 nitrogen and oxygen atoms in total. The molecule has 1 rings (SSSR count). The van der Waals surface area contributed by atoms with E-state index in [-0.39, 0.29) is 11.8 Å². The van der Waals surface area contributed by atoms with Gasteiger partial charge in [0, 0.05) is 31.2 Å². The summed E-state index contributed by atoms with van der Waals surface area (Å²) in [7, 11) is 0. The Bertz CT molecular complexity index is 310. The van der Waals surface area contributed by atoms with Crippen LogP contribution in [0.2, 0.25) is 0 Å². The summed E-state index contributed by atoms with van der Waals surface area (Å²) < 4.78 is 0. The zero-order valence-electron chi connectivity index (χ0n) is 12.7. The molecule has 5 heteroatoms. The number of thioether (sulfide) groups is 1. The summed E-state index contributed by atoms with van der Waals surface area (Å²) in [4.78, 5) is 22.6. The minimum absolute atomic E-state index is 0.0168. The van der Waals surface area contributed by atoms with Gasteiger partial charge in [-0.1, -0.05) is 19.3 Å². The van der Waals surface area contributed by atoms with Gasteiger partial charge in [0.2, 0.25) is 11.8 Å². The van der Waals surface area contributed by atoms with Gasteiger partial charge in [0.1, 0.15) is 0 Å². The number of amides is 2. The molecule has 1 aliphatic carbocycles. The smallest absolute Gasteiger partial charge is 0.220 e. The highest BCUT2D eigenvalue weighted by Gasteiger charge is 2.25. The van der Waals surface area contributed by atoms with Crippen LogP contribution in [0.15, 0.2) is 0 Å². The molecule has 2 N–H and O–H groups in total. The van der Waals surface area contributed by atoms with Crippen LogP contribution in [-0.4, -0.2) is 35.9 Å². The fourth-order valence-electron chi connectivity index (χ4n) is 2.67. The number of hydrogen-bond donors (Lipinski definition) is 2. The van der Waals surface area contributed by atoms with Crippen molar-refractivity contribution in [3.63, 3.8) is 0 Å². The summed E-state index contributed by atoms with van der Waals surface area (Å²) in [5.41, 5.74) is 0. The minimum Gasteiger partial charge on any atom is -0.356 e. The second-order valence-electron chi connectivity index (χ2n) is 5.53. The third kappa shape index (κ3) is 7.17. The van der Waals surface area contributed by atoms with E-state index in [0.29, 0.717) is 24.3 Å². The molecule has 20 heavy (non-hydrogen) atoms. The minimum atomic E-state index is 0.0168. The van der Waals surface area contributed by atoms with Crippen molar-refractivity contribution >= 4 is 23.6 Å². The quantitative estimate of drug-likeness (QED) is 0.677. The summed E-state index contributed by atoms with van der Waals surface area (Å²) in [5.74, 6) is 0.207. The molecule has 116 valence electrons. The second-order valence-corrected chi connectivity index (χ2v) is 6.60. The lowest BCUT2D eigenvalue weighted by atomic mass is 9.94. The van der Waals surface area contributed by atoms with E-state index in [2.05, 4.69) is 16.9 Å². The molecule has 0 spiro atoms. The zero-order valence-corrected chi connectivity index (χ0v) is 13.6. The topological polar surface area (TPSA) is 58.2 Å². The van der Waals surface area contributed by atoms with Crippen LogP contribution in [0, 0.1) is 0 Å². The van der Waals surface area contributed by atoms with Crippen LogP contribution in [0.3, 0.4) is 0 Å². The van der Waals surface area contributed by atoms with Gasteiger partial charge in [0.25, 0.3) is 0 Å². The van der Waals surface area contributed by atoms with Gasteiger partial charge in [-0.05, 0) is 31.9 Å². The van der Waals surface area contributed by atoms with Crippen molar-refractivity contribution in [1.29, 1.82) is 0 Å². The molecule has 0 saturated heterocycles. The summed E-state index contributed by atoms with van der Waals surface area (Å²) in [5, 5.41) is 6.56. The van der Waals surface area contributed by atoms with Crippen LogP contribution in [0.5, 0.6) is 0 Å². The maximum atomic E-state index is 11.9. The Morgan fingerprint density at radius 1 is 1.15 bits per heavy atom. The average molecular weight is 300 g/mol. The Hall–Kier alpha value is -0.710. The lowest BCUT2D eigenvalue weighted by Crippen LogP contribution is -2.43. The van der Waals surface area contributed by atoms with Crippen LogP contribution >= 0.6 is 11.8 Å². The van der Waals surface area contributed by atoms with Crippen molar-refractivity contribution in [2.75, 3.05) is 12.8 Å². The molecule has 0 unspecified atom stereocenters. The van der Waals surface area contributed by atoms with E-state index >= 15 is 0 Å². The molecular formula is C15H28N2O2S. The van der Waals surface area contributed by atoms with Crippen LogP contribution in [0.1, 0.15) is 58.3 Å². The first-order chi connectivity index (χ1) is 9.63. The highest BCUT2D eigenvalue weighted by Crippen LogP contribution is 2.27. The van der Waals surface area contributed by atoms with Gasteiger partial charge in [0.15, 0.2) is 0 Å². The van der Waals surface area contributed by atoms with Crippen molar-refractivity contribution < 1.29 is 9.59 Å². The first-order valence-corrected chi connectivity index (χ1v) is 8.99. The number of unbranched alkanes of at least 4 members (excludes halogenated alkanes) is 2. The Kier molecular flexibility index (Phi) is 8.74. The molecule has 0 aromatic heterocycles. The van der Waals surface area contributed by atoms with E-state index in [1.807, 2.05) is 11.8 Å². The molecule has 2 atom stereocenters. The highest BCUT2D eigenvalue weighted by atomic mass is 32.2. The number of hydrogen-bond acceptors (Lipinski definition) is 3. The first-order valence-electron chi connectivity index (χ1n) is 7.70. The van der Waals surface area contributed by atoms with E-state index in [1.54, 1.807) is 0 Å². The van der Waals surface area contributed by atoms with Crippen molar-refractivity contribution in [2.45, 2.75) is 69.6 Å². The van der Waals surface area contributed by atoms with Crippen LogP contribution in [-0.2, 0) is 9.59 Å². The summed E-state index contributed by atoms with van der Waals surface area (Å²) in [6.07, 6.45) is 10.5. The maximum absolute atomic E-state index is 11.9. The van der Waals surface area contributed by atoms with E-state index in [4.69, 9.17) is 0 Å². The summed E-state index contributed by atoms with van der Waals surface area (Å²) >= 11 is 1.88. The third-order valence-corrected chi connectivity index (χ3v) is 4.98. The van der Waals surface area contributed by atoms with Crippen LogP contribution in [0.4, 0.5) is 0 Å². The molecule has 0 radical (unpaired) electrons. The van der Waals surface area contributed by atoms with Gasteiger partial charge in [-0.15, -0.1) is 0 Å². The van der Waals surface area contributed by atoms with Gasteiger partial charge in [0.05, 0.1) is 0 Å². The van der Waals surface area contributed by atoms with Gasteiger partial charge >= 0.3 is 0 Å². The number of carbonyl (C=O) groups excluding carboxylic acids is 2. The van der Waals surface area contributed by atoms with E-state index in [0.717, 1.165) is 25.7 Å². The molecular weight excluding hydrogens is 272 g/mol. The Balaban J connectivity index is 2.08. The van der Waals surface area contributed by atoms with Gasteiger partial charge in [-0.25, -0.2) is 0 Å². The highest BCUT2D eigenvalue weighted by molar-refractivity contribution is 7.99. The predicted molar refractivity (Wildman–Crippen MR) is 84.9 cm³/mol. The van der Waals surface area contributed by atoms with Crippen molar-refractivity contribution in [1.82, 2.24) is 10.6 Å². The molecule has 1 fully saturated rings. The van der Waals surface area contributed by atoms with E-state index in [9.17, 15) is 9.59 Å². The Morgan fingerprint density at radius 2 is 1.90 bits per heavy atom. The average Bonchev–Trinajstić information content (AvgIpc) is 2.43. The normalized spacial score (nSPS) is 22.3. The molecule has 0 aromatic carbocycles. The lowest BCUT2D eigenvalue weighted by molar-refractivity contribution is -0.122. The molecule has 1 aliphatic rings. The zero-order chi connectivity index (χ0) is 14.8. The van der Waals surface area contributed by atoms with Gasteiger partial charge in [-0.2, -0.15) is 11.8 Å². The van der Waals surface area contributed by atoms with Gasteiger partial charge in [-0.3, -0.25) is 9.59 Å². The summed E-state index contributed by atoms with van der Waals surface area (Å²) in [6, 6.07) is 0.366. The Labute approximate surface area is 126 Å². The Morgan fingerprint density at radius 3 is 2.60 bits per heavy atom. The number of rotatable bonds is 8. The molecule has 0 aromatic rings. The number of nitrogens with one attached hydrogen (secondary N) is 2. The molecule has 1 saturated carbocycles.